The highest BCUT2D eigenvalue weighted by Crippen LogP contribution is 2.41. The lowest BCUT2D eigenvalue weighted by Crippen LogP contribution is -1.98. The lowest BCUT2D eigenvalue weighted by molar-refractivity contribution is 1.23. The number of aromatic nitrogens is 6. The molecule has 0 aliphatic heterocycles. The molecule has 4 heterocycles. The minimum absolute atomic E-state index is 0.687. The van der Waals surface area contributed by atoms with E-state index in [9.17, 15) is 0 Å². The van der Waals surface area contributed by atoms with Gasteiger partial charge in [-0.25, -0.2) is 24.9 Å². The van der Waals surface area contributed by atoms with Crippen LogP contribution in [0.15, 0.2) is 291 Å². The highest BCUT2D eigenvalue weighted by atomic mass is 14.9. The molecular weight excluding hydrogens is 997 g/mol. The van der Waals surface area contributed by atoms with Gasteiger partial charge in [-0.15, -0.1) is 0 Å². The van der Waals surface area contributed by atoms with E-state index in [1.165, 1.54) is 21.5 Å². The highest BCUT2D eigenvalue weighted by molar-refractivity contribution is 6.15. The Kier molecular flexibility index (Phi) is 12.1. The van der Waals surface area contributed by atoms with Crippen LogP contribution in [0.1, 0.15) is 0 Å². The zero-order valence-corrected chi connectivity index (χ0v) is 44.4. The van der Waals surface area contributed by atoms with Crippen molar-refractivity contribution in [1.29, 1.82) is 0 Å². The van der Waals surface area contributed by atoms with E-state index >= 15 is 0 Å². The fourth-order valence-electron chi connectivity index (χ4n) is 11.4. The second-order valence-corrected chi connectivity index (χ2v) is 20.6. The molecule has 0 fully saturated rings. The highest BCUT2D eigenvalue weighted by Gasteiger charge is 2.20. The molecular formula is C76H48N6. The predicted octanol–water partition coefficient (Wildman–Crippen LogP) is 19.5. The molecule has 0 unspecified atom stereocenters. The van der Waals surface area contributed by atoms with Gasteiger partial charge in [-0.05, 0) is 80.0 Å². The number of para-hydroxylation sites is 1. The molecule has 382 valence electrons. The van der Waals surface area contributed by atoms with E-state index in [2.05, 4.69) is 248 Å². The molecule has 0 radical (unpaired) electrons. The lowest BCUT2D eigenvalue weighted by atomic mass is 9.95. The van der Waals surface area contributed by atoms with Gasteiger partial charge in [0.25, 0.3) is 0 Å². The summed E-state index contributed by atoms with van der Waals surface area (Å²) in [5, 5.41) is 11.3. The minimum Gasteiger partial charge on any atom is -0.256 e. The van der Waals surface area contributed by atoms with E-state index < -0.39 is 0 Å². The molecule has 12 aromatic carbocycles. The normalized spacial score (nSPS) is 11.4. The van der Waals surface area contributed by atoms with Crippen molar-refractivity contribution in [3.63, 3.8) is 0 Å². The second-order valence-electron chi connectivity index (χ2n) is 20.6. The zero-order chi connectivity index (χ0) is 54.3. The molecule has 4 aromatic heterocycles. The Morgan fingerprint density at radius 2 is 0.720 bits per heavy atom. The van der Waals surface area contributed by atoms with Gasteiger partial charge in [-0.1, -0.05) is 249 Å². The Balaban J connectivity index is 0.000000141. The third kappa shape index (κ3) is 8.91. The first-order chi connectivity index (χ1) is 40.6. The van der Waals surface area contributed by atoms with Crippen LogP contribution in [-0.2, 0) is 0 Å². The van der Waals surface area contributed by atoms with Crippen LogP contribution in [-0.4, -0.2) is 29.9 Å². The quantitative estimate of drug-likeness (QED) is 0.148. The summed E-state index contributed by atoms with van der Waals surface area (Å²) >= 11 is 0. The largest absolute Gasteiger partial charge is 0.256 e. The Hall–Kier alpha value is -11.1. The Labute approximate surface area is 473 Å². The van der Waals surface area contributed by atoms with Gasteiger partial charge in [0.2, 0.25) is 0 Å². The molecule has 0 amide bonds. The Morgan fingerprint density at radius 1 is 0.220 bits per heavy atom. The molecule has 0 N–H and O–H groups in total. The van der Waals surface area contributed by atoms with Crippen molar-refractivity contribution in [2.75, 3.05) is 0 Å². The topological polar surface area (TPSA) is 77.3 Å². The standard InChI is InChI=1S/C39H25N3.C37H23N3/c1-4-13-27(14-5-1)34-25-35(28-16-6-2-7-17-28)40-37-32(34)23-24-33-36(31-22-12-20-26-15-10-11-21-30(26)31)41-39(42-38(33)37)29-18-8-3-9-19-29;1-2-9-28-21-30(18-15-24(28)7-1)35-33-20-19-26-8-3-5-11-32(26)36(33)40-37(39-35)27-16-13-25(14-17-27)31-22-29-10-4-6-12-34(29)38-23-31/h1-25H;1-23H. The fourth-order valence-corrected chi connectivity index (χ4v) is 11.4. The van der Waals surface area contributed by atoms with E-state index in [-0.39, 0.29) is 0 Å². The first-order valence-electron chi connectivity index (χ1n) is 27.6. The maximum absolute atomic E-state index is 5.30. The average molecular weight is 1050 g/mol. The molecule has 16 rings (SSSR count). The Morgan fingerprint density at radius 3 is 1.49 bits per heavy atom. The van der Waals surface area contributed by atoms with Gasteiger partial charge in [0.15, 0.2) is 11.6 Å². The minimum atomic E-state index is 0.687. The van der Waals surface area contributed by atoms with Crippen LogP contribution in [0.3, 0.4) is 0 Å². The monoisotopic (exact) mass is 1040 g/mol. The summed E-state index contributed by atoms with van der Waals surface area (Å²) in [6.07, 6.45) is 1.94. The van der Waals surface area contributed by atoms with E-state index in [0.29, 0.717) is 5.82 Å². The van der Waals surface area contributed by atoms with Crippen LogP contribution >= 0.6 is 0 Å². The van der Waals surface area contributed by atoms with Crippen molar-refractivity contribution in [2.45, 2.75) is 0 Å². The summed E-state index contributed by atoms with van der Waals surface area (Å²) < 4.78 is 0. The van der Waals surface area contributed by atoms with Gasteiger partial charge in [0.05, 0.1) is 33.6 Å². The van der Waals surface area contributed by atoms with Gasteiger partial charge in [0, 0.05) is 66.5 Å². The molecule has 0 saturated carbocycles. The zero-order valence-electron chi connectivity index (χ0n) is 44.4. The molecule has 6 nitrogen and oxygen atoms in total. The summed E-state index contributed by atoms with van der Waals surface area (Å²) in [6, 6.07) is 99.2. The SMILES string of the molecule is c1ccc(-c2cc(-c3ccccc3)c3ccc4c(-c5cccc6ccccc56)nc(-c5ccccc5)nc4c3n2)cc1.c1ccc2cc(-c3nc(-c4ccc(-c5cnc6ccccc6c5)cc4)nc4c3ccc3ccccc34)ccc2c1. The van der Waals surface area contributed by atoms with Crippen molar-refractivity contribution in [2.24, 2.45) is 0 Å². The average Bonchev–Trinajstić information content (AvgIpc) is 3.75. The fraction of sp³-hybridized carbons (Fsp3) is 0. The van der Waals surface area contributed by atoms with Gasteiger partial charge in [-0.2, -0.15) is 0 Å². The number of fused-ring (bicyclic) bond motifs is 9. The molecule has 0 spiro atoms. The predicted molar refractivity (Wildman–Crippen MR) is 340 cm³/mol. The van der Waals surface area contributed by atoms with Gasteiger partial charge in [0.1, 0.15) is 5.52 Å². The summed E-state index contributed by atoms with van der Waals surface area (Å²) in [6.45, 7) is 0. The van der Waals surface area contributed by atoms with Crippen LogP contribution in [0.2, 0.25) is 0 Å². The summed E-state index contributed by atoms with van der Waals surface area (Å²) in [4.78, 5) is 30.7. The van der Waals surface area contributed by atoms with Gasteiger partial charge < -0.3 is 0 Å². The van der Waals surface area contributed by atoms with Gasteiger partial charge in [-0.3, -0.25) is 4.98 Å². The number of nitrogens with zero attached hydrogens (tertiary/aromatic N) is 6. The van der Waals surface area contributed by atoms with Gasteiger partial charge >= 0.3 is 0 Å². The molecule has 0 bridgehead atoms. The van der Waals surface area contributed by atoms with Crippen molar-refractivity contribution in [1.82, 2.24) is 29.9 Å². The smallest absolute Gasteiger partial charge is 0.160 e. The van der Waals surface area contributed by atoms with Crippen molar-refractivity contribution in [3.05, 3.63) is 291 Å². The Bertz CT molecular complexity index is 5080. The van der Waals surface area contributed by atoms with E-state index in [0.717, 1.165) is 127 Å². The maximum atomic E-state index is 5.30. The first-order valence-corrected chi connectivity index (χ1v) is 27.6. The molecule has 0 atom stereocenters. The summed E-state index contributed by atoms with van der Waals surface area (Å²) in [5.41, 5.74) is 16.1. The van der Waals surface area contributed by atoms with E-state index in [1.807, 2.05) is 48.7 Å². The molecule has 82 heavy (non-hydrogen) atoms. The molecule has 0 aliphatic carbocycles. The van der Waals surface area contributed by atoms with Crippen LogP contribution in [0.25, 0.3) is 155 Å². The van der Waals surface area contributed by atoms with Crippen molar-refractivity contribution >= 4 is 75.9 Å². The molecule has 0 aliphatic rings. The first kappa shape index (κ1) is 48.1. The van der Waals surface area contributed by atoms with E-state index in [1.54, 1.807) is 0 Å². The number of hydrogen-bond acceptors (Lipinski definition) is 6. The number of benzene rings is 12. The number of hydrogen-bond donors (Lipinski definition) is 0. The molecule has 16 aromatic rings. The summed E-state index contributed by atoms with van der Waals surface area (Å²) in [7, 11) is 0. The second kappa shape index (κ2) is 20.6. The number of pyridine rings is 2. The van der Waals surface area contributed by atoms with Crippen LogP contribution in [0.4, 0.5) is 0 Å². The van der Waals surface area contributed by atoms with Crippen molar-refractivity contribution < 1.29 is 0 Å². The lowest BCUT2D eigenvalue weighted by Gasteiger charge is -2.15. The maximum Gasteiger partial charge on any atom is 0.160 e. The van der Waals surface area contributed by atoms with E-state index in [4.69, 9.17) is 24.9 Å². The number of rotatable bonds is 7. The third-order valence-corrected chi connectivity index (χ3v) is 15.6. The van der Waals surface area contributed by atoms with Crippen LogP contribution in [0.5, 0.6) is 0 Å². The molecule has 0 saturated heterocycles. The van der Waals surface area contributed by atoms with Crippen LogP contribution < -0.4 is 0 Å². The molecule has 6 heteroatoms. The van der Waals surface area contributed by atoms with Crippen molar-refractivity contribution in [3.8, 4) is 78.8 Å². The summed E-state index contributed by atoms with van der Waals surface area (Å²) in [5.74, 6) is 1.40. The third-order valence-electron chi connectivity index (χ3n) is 15.6. The van der Waals surface area contributed by atoms with Crippen LogP contribution in [0, 0.1) is 0 Å².